The molecule has 1 aromatic carbocycles. The Bertz CT molecular complexity index is 526. The van der Waals surface area contributed by atoms with E-state index in [0.29, 0.717) is 12.0 Å². The molecule has 3 nitrogen and oxygen atoms in total. The highest BCUT2D eigenvalue weighted by atomic mass is 32.2. The highest BCUT2D eigenvalue weighted by molar-refractivity contribution is 7.85. The zero-order chi connectivity index (χ0) is 15.7. The number of unbranched alkanes of at least 4 members (excludes halogenated alkanes) is 7. The Balaban J connectivity index is 2.30. The van der Waals surface area contributed by atoms with Gasteiger partial charge in [-0.15, -0.1) is 0 Å². The molecule has 0 amide bonds. The Morgan fingerprint density at radius 3 is 2.10 bits per heavy atom. The molecule has 21 heavy (non-hydrogen) atoms. The van der Waals surface area contributed by atoms with E-state index in [-0.39, 0.29) is 4.90 Å². The maximum Gasteiger partial charge on any atom is 0.294 e. The average molecular weight is 316 g/mol. The molecule has 5 heteroatoms. The van der Waals surface area contributed by atoms with Gasteiger partial charge in [0.25, 0.3) is 10.1 Å². The third-order valence-corrected chi connectivity index (χ3v) is 4.47. The Kier molecular flexibility index (Phi) is 7.89. The van der Waals surface area contributed by atoms with Crippen molar-refractivity contribution >= 4 is 10.1 Å². The van der Waals surface area contributed by atoms with Crippen LogP contribution in [-0.4, -0.2) is 13.0 Å². The minimum absolute atomic E-state index is 0.389. The van der Waals surface area contributed by atoms with Crippen LogP contribution in [0.15, 0.2) is 23.1 Å². The van der Waals surface area contributed by atoms with Crippen LogP contribution < -0.4 is 0 Å². The fraction of sp³-hybridized carbons (Fsp3) is 0.625. The van der Waals surface area contributed by atoms with Crippen LogP contribution in [0.25, 0.3) is 0 Å². The summed E-state index contributed by atoms with van der Waals surface area (Å²) >= 11 is 0. The van der Waals surface area contributed by atoms with Gasteiger partial charge in [0.15, 0.2) is 0 Å². The van der Waals surface area contributed by atoms with Gasteiger partial charge < -0.3 is 0 Å². The number of halogens is 1. The first-order valence-electron chi connectivity index (χ1n) is 7.71. The first-order chi connectivity index (χ1) is 9.95. The summed E-state index contributed by atoms with van der Waals surface area (Å²) in [5.41, 5.74) is 0.508. The van der Waals surface area contributed by atoms with E-state index in [9.17, 15) is 12.8 Å². The van der Waals surface area contributed by atoms with Gasteiger partial charge >= 0.3 is 0 Å². The number of rotatable bonds is 10. The van der Waals surface area contributed by atoms with E-state index in [0.717, 1.165) is 25.3 Å². The van der Waals surface area contributed by atoms with E-state index in [1.54, 1.807) is 0 Å². The summed E-state index contributed by atoms with van der Waals surface area (Å²) in [5.74, 6) is -0.562. The summed E-state index contributed by atoms with van der Waals surface area (Å²) in [6.07, 6.45) is 10.1. The molecule has 0 fully saturated rings. The maximum absolute atomic E-state index is 13.7. The molecule has 1 aromatic rings. The Labute approximate surface area is 127 Å². The third kappa shape index (κ3) is 7.05. The Morgan fingerprint density at radius 1 is 1.00 bits per heavy atom. The second-order valence-electron chi connectivity index (χ2n) is 5.45. The largest absolute Gasteiger partial charge is 0.294 e. The SMILES string of the molecule is CCCCCCCCCCc1ccc(S(=O)(=O)O)cc1F. The van der Waals surface area contributed by atoms with Crippen LogP contribution in [0.5, 0.6) is 0 Å². The van der Waals surface area contributed by atoms with Gasteiger partial charge in [0.2, 0.25) is 0 Å². The van der Waals surface area contributed by atoms with Gasteiger partial charge in [0, 0.05) is 0 Å². The van der Waals surface area contributed by atoms with Crippen molar-refractivity contribution in [3.63, 3.8) is 0 Å². The molecular weight excluding hydrogens is 291 g/mol. The molecule has 120 valence electrons. The van der Waals surface area contributed by atoms with E-state index in [4.69, 9.17) is 4.55 Å². The van der Waals surface area contributed by atoms with Crippen LogP contribution in [0.2, 0.25) is 0 Å². The molecule has 0 aliphatic rings. The molecule has 0 heterocycles. The zero-order valence-corrected chi connectivity index (χ0v) is 13.5. The Hall–Kier alpha value is -0.940. The van der Waals surface area contributed by atoms with Crippen LogP contribution in [0.3, 0.4) is 0 Å². The van der Waals surface area contributed by atoms with Crippen LogP contribution >= 0.6 is 0 Å². The second kappa shape index (κ2) is 9.15. The summed E-state index contributed by atoms with van der Waals surface area (Å²) in [7, 11) is -4.32. The van der Waals surface area contributed by atoms with Gasteiger partial charge in [0.1, 0.15) is 5.82 Å². The van der Waals surface area contributed by atoms with Crippen molar-refractivity contribution in [3.05, 3.63) is 29.6 Å². The minimum atomic E-state index is -4.32. The maximum atomic E-state index is 13.7. The molecule has 0 saturated heterocycles. The molecular formula is C16H25FO3S. The molecule has 0 saturated carbocycles. The summed E-state index contributed by atoms with van der Waals surface area (Å²) in [4.78, 5) is -0.389. The van der Waals surface area contributed by atoms with E-state index in [1.807, 2.05) is 0 Å². The molecule has 0 atom stereocenters. The van der Waals surface area contributed by atoms with Crippen molar-refractivity contribution in [2.75, 3.05) is 0 Å². The van der Waals surface area contributed by atoms with Crippen molar-refractivity contribution in [2.24, 2.45) is 0 Å². The van der Waals surface area contributed by atoms with Crippen LogP contribution in [0, 0.1) is 5.82 Å². The fourth-order valence-corrected chi connectivity index (χ4v) is 2.83. The van der Waals surface area contributed by atoms with E-state index in [2.05, 4.69) is 6.92 Å². The minimum Gasteiger partial charge on any atom is -0.282 e. The van der Waals surface area contributed by atoms with E-state index in [1.165, 1.54) is 44.2 Å². The summed E-state index contributed by atoms with van der Waals surface area (Å²) in [6, 6.07) is 3.58. The lowest BCUT2D eigenvalue weighted by atomic mass is 10.0. The van der Waals surface area contributed by atoms with Crippen LogP contribution in [0.4, 0.5) is 4.39 Å². The summed E-state index contributed by atoms with van der Waals surface area (Å²) in [6.45, 7) is 2.20. The second-order valence-corrected chi connectivity index (χ2v) is 6.87. The van der Waals surface area contributed by atoms with E-state index >= 15 is 0 Å². The van der Waals surface area contributed by atoms with Crippen molar-refractivity contribution < 1.29 is 17.4 Å². The monoisotopic (exact) mass is 316 g/mol. The lowest BCUT2D eigenvalue weighted by Gasteiger charge is -2.05. The molecule has 0 unspecified atom stereocenters. The lowest BCUT2D eigenvalue weighted by molar-refractivity contribution is 0.481. The van der Waals surface area contributed by atoms with Gasteiger partial charge in [0.05, 0.1) is 4.90 Å². The fourth-order valence-electron chi connectivity index (χ4n) is 2.34. The highest BCUT2D eigenvalue weighted by Crippen LogP contribution is 2.17. The van der Waals surface area contributed by atoms with Gasteiger partial charge in [-0.3, -0.25) is 4.55 Å². The van der Waals surface area contributed by atoms with Crippen LogP contribution in [-0.2, 0) is 16.5 Å². The first-order valence-corrected chi connectivity index (χ1v) is 9.15. The smallest absolute Gasteiger partial charge is 0.282 e. The van der Waals surface area contributed by atoms with Gasteiger partial charge in [-0.2, -0.15) is 8.42 Å². The topological polar surface area (TPSA) is 54.4 Å². The molecule has 0 aromatic heterocycles. The molecule has 0 radical (unpaired) electrons. The molecule has 0 aliphatic carbocycles. The van der Waals surface area contributed by atoms with Crippen LogP contribution in [0.1, 0.15) is 63.9 Å². The normalized spacial score (nSPS) is 11.8. The zero-order valence-electron chi connectivity index (χ0n) is 12.6. The summed E-state index contributed by atoms with van der Waals surface area (Å²) < 4.78 is 44.3. The molecule has 0 aliphatic heterocycles. The number of hydrogen-bond donors (Lipinski definition) is 1. The standard InChI is InChI=1S/C16H25FO3S/c1-2-3-4-5-6-7-8-9-10-14-11-12-15(13-16(14)17)21(18,19)20/h11-13H,2-10H2,1H3,(H,18,19,20). The van der Waals surface area contributed by atoms with Gasteiger partial charge in [-0.05, 0) is 30.5 Å². The Morgan fingerprint density at radius 2 is 1.57 bits per heavy atom. The van der Waals surface area contributed by atoms with Crippen molar-refractivity contribution in [3.8, 4) is 0 Å². The van der Waals surface area contributed by atoms with Gasteiger partial charge in [-0.1, -0.05) is 57.9 Å². The highest BCUT2D eigenvalue weighted by Gasteiger charge is 2.12. The number of benzene rings is 1. The molecule has 1 N–H and O–H groups in total. The third-order valence-electron chi connectivity index (χ3n) is 3.62. The van der Waals surface area contributed by atoms with Gasteiger partial charge in [-0.25, -0.2) is 4.39 Å². The van der Waals surface area contributed by atoms with E-state index < -0.39 is 15.9 Å². The average Bonchev–Trinajstić information content (AvgIpc) is 2.42. The molecule has 0 spiro atoms. The lowest BCUT2D eigenvalue weighted by Crippen LogP contribution is -2.00. The van der Waals surface area contributed by atoms with Crippen molar-refractivity contribution in [1.29, 1.82) is 0 Å². The van der Waals surface area contributed by atoms with Crippen molar-refractivity contribution in [1.82, 2.24) is 0 Å². The number of hydrogen-bond acceptors (Lipinski definition) is 2. The quantitative estimate of drug-likeness (QED) is 0.500. The number of aryl methyl sites for hydroxylation is 1. The predicted octanol–water partition coefficient (Wildman–Crippen LogP) is 4.76. The molecule has 1 rings (SSSR count). The predicted molar refractivity (Wildman–Crippen MR) is 82.5 cm³/mol. The first kappa shape index (κ1) is 18.1. The summed E-state index contributed by atoms with van der Waals surface area (Å²) in [5, 5.41) is 0. The van der Waals surface area contributed by atoms with Crippen molar-refractivity contribution in [2.45, 2.75) is 69.6 Å². The molecule has 0 bridgehead atoms.